The second-order valence-corrected chi connectivity index (χ2v) is 9.84. The van der Waals surface area contributed by atoms with Crippen molar-refractivity contribution in [3.8, 4) is 6.07 Å². The number of carbonyl (C=O) groups is 2. The maximum atomic E-state index is 13.2. The van der Waals surface area contributed by atoms with E-state index < -0.39 is 18.4 Å². The normalized spacial score (nSPS) is 20.2. The van der Waals surface area contributed by atoms with Crippen molar-refractivity contribution in [2.24, 2.45) is 5.92 Å². The SMILES string of the molecule is CCCn1c(N2CCCC(C)C2)c(C=C2SC(=S)N(CC(=O)O)C2=O)c(C)c(C#N)c1=O. The van der Waals surface area contributed by atoms with Crippen LogP contribution in [0, 0.1) is 24.2 Å². The van der Waals surface area contributed by atoms with Gasteiger partial charge in [0.2, 0.25) is 0 Å². The molecule has 2 aliphatic heterocycles. The summed E-state index contributed by atoms with van der Waals surface area (Å²) in [5.41, 5.74) is 0.885. The topological polar surface area (TPSA) is 107 Å². The number of carbonyl (C=O) groups excluding carboxylic acids is 1. The van der Waals surface area contributed by atoms with Crippen molar-refractivity contribution >= 4 is 52.1 Å². The van der Waals surface area contributed by atoms with Gasteiger partial charge in [0.1, 0.15) is 28.3 Å². The zero-order chi connectivity index (χ0) is 23.6. The van der Waals surface area contributed by atoms with Gasteiger partial charge in [-0.15, -0.1) is 0 Å². The predicted octanol–water partition coefficient (Wildman–Crippen LogP) is 2.96. The fourth-order valence-corrected chi connectivity index (χ4v) is 5.44. The van der Waals surface area contributed by atoms with Crippen molar-refractivity contribution in [2.75, 3.05) is 24.5 Å². The number of amides is 1. The molecule has 1 aromatic rings. The predicted molar refractivity (Wildman–Crippen MR) is 129 cm³/mol. The van der Waals surface area contributed by atoms with Crippen LogP contribution >= 0.6 is 24.0 Å². The van der Waals surface area contributed by atoms with Crippen LogP contribution in [0.5, 0.6) is 0 Å². The first kappa shape index (κ1) is 24.0. The Morgan fingerprint density at radius 3 is 2.72 bits per heavy atom. The molecule has 1 N–H and O–H groups in total. The Kier molecular flexibility index (Phi) is 7.41. The zero-order valence-electron chi connectivity index (χ0n) is 18.4. The number of nitrogens with zero attached hydrogens (tertiary/aromatic N) is 4. The van der Waals surface area contributed by atoms with E-state index >= 15 is 0 Å². The number of aliphatic carboxylic acids is 1. The standard InChI is InChI=1S/C22H26N4O4S2/c1-4-7-25-19(24-8-5-6-13(2)11-24)15(14(3)16(10-23)20(25)29)9-17-21(30)26(12-18(27)28)22(31)32-17/h9,13H,4-8,11-12H2,1-3H3,(H,27,28). The molecule has 1 amide bonds. The molecule has 0 aromatic carbocycles. The van der Waals surface area contributed by atoms with E-state index in [1.54, 1.807) is 17.6 Å². The van der Waals surface area contributed by atoms with Crippen molar-refractivity contribution in [2.45, 2.75) is 46.6 Å². The molecule has 10 heteroatoms. The summed E-state index contributed by atoms with van der Waals surface area (Å²) in [6.07, 6.45) is 4.47. The summed E-state index contributed by atoms with van der Waals surface area (Å²) >= 11 is 6.26. The molecule has 0 aliphatic carbocycles. The van der Waals surface area contributed by atoms with Crippen molar-refractivity contribution in [3.63, 3.8) is 0 Å². The molecule has 1 aromatic heterocycles. The van der Waals surface area contributed by atoms with Crippen molar-refractivity contribution in [1.82, 2.24) is 9.47 Å². The number of carboxylic acid groups (broad SMARTS) is 1. The van der Waals surface area contributed by atoms with Gasteiger partial charge in [-0.1, -0.05) is 37.8 Å². The molecule has 8 nitrogen and oxygen atoms in total. The Morgan fingerprint density at radius 1 is 1.41 bits per heavy atom. The molecule has 1 unspecified atom stereocenters. The minimum Gasteiger partial charge on any atom is -0.480 e. The number of aromatic nitrogens is 1. The number of carboxylic acids is 1. The number of rotatable bonds is 6. The van der Waals surface area contributed by atoms with Crippen LogP contribution in [0.1, 0.15) is 49.8 Å². The summed E-state index contributed by atoms with van der Waals surface area (Å²) < 4.78 is 1.82. The largest absolute Gasteiger partial charge is 0.480 e. The summed E-state index contributed by atoms with van der Waals surface area (Å²) in [5.74, 6) is -0.466. The number of pyridine rings is 1. The number of thiocarbonyl (C=S) groups is 1. The first-order valence-corrected chi connectivity index (χ1v) is 11.8. The van der Waals surface area contributed by atoms with Gasteiger partial charge in [-0.05, 0) is 43.7 Å². The van der Waals surface area contributed by atoms with Crippen molar-refractivity contribution < 1.29 is 14.7 Å². The molecule has 2 aliphatic rings. The van der Waals surface area contributed by atoms with E-state index in [0.717, 1.165) is 42.6 Å². The highest BCUT2D eigenvalue weighted by Crippen LogP contribution is 2.36. The Morgan fingerprint density at radius 2 is 2.12 bits per heavy atom. The smallest absolute Gasteiger partial charge is 0.323 e. The molecule has 2 fully saturated rings. The number of hydrogen-bond donors (Lipinski definition) is 1. The van der Waals surface area contributed by atoms with E-state index in [2.05, 4.69) is 11.8 Å². The average Bonchev–Trinajstić information content (AvgIpc) is 2.99. The molecule has 0 saturated carbocycles. The molecule has 170 valence electrons. The lowest BCUT2D eigenvalue weighted by molar-refractivity contribution is -0.140. The Bertz CT molecular complexity index is 1100. The molecule has 3 rings (SSSR count). The fourth-order valence-electron chi connectivity index (χ4n) is 4.20. The molecule has 3 heterocycles. The third kappa shape index (κ3) is 4.59. The van der Waals surface area contributed by atoms with E-state index in [9.17, 15) is 19.6 Å². The van der Waals surface area contributed by atoms with Gasteiger partial charge in [0.05, 0.1) is 4.91 Å². The zero-order valence-corrected chi connectivity index (χ0v) is 20.0. The lowest BCUT2D eigenvalue weighted by Gasteiger charge is -2.36. The Balaban J connectivity index is 2.23. The lowest BCUT2D eigenvalue weighted by Crippen LogP contribution is -2.40. The van der Waals surface area contributed by atoms with E-state index in [1.807, 2.05) is 13.0 Å². The van der Waals surface area contributed by atoms with Gasteiger partial charge in [0, 0.05) is 25.2 Å². The Hall–Kier alpha value is -2.64. The van der Waals surface area contributed by atoms with Crippen molar-refractivity contribution in [1.29, 1.82) is 5.26 Å². The summed E-state index contributed by atoms with van der Waals surface area (Å²) in [6.45, 7) is 7.36. The molecule has 0 spiro atoms. The van der Waals surface area contributed by atoms with Crippen LogP contribution in [0.2, 0.25) is 0 Å². The van der Waals surface area contributed by atoms with Gasteiger partial charge >= 0.3 is 5.97 Å². The molecule has 32 heavy (non-hydrogen) atoms. The Labute approximate surface area is 196 Å². The van der Waals surface area contributed by atoms with Gasteiger partial charge in [0.25, 0.3) is 11.5 Å². The van der Waals surface area contributed by atoms with Crippen LogP contribution in [-0.4, -0.2) is 50.4 Å². The van der Waals surface area contributed by atoms with Crippen LogP contribution in [0.15, 0.2) is 9.70 Å². The molecular formula is C22H26N4O4S2. The van der Waals surface area contributed by atoms with Gasteiger partial charge < -0.3 is 10.0 Å². The van der Waals surface area contributed by atoms with Gasteiger partial charge in [-0.3, -0.25) is 23.9 Å². The highest BCUT2D eigenvalue weighted by molar-refractivity contribution is 8.26. The van der Waals surface area contributed by atoms with Crippen LogP contribution in [-0.2, 0) is 16.1 Å². The van der Waals surface area contributed by atoms with Crippen molar-refractivity contribution in [3.05, 3.63) is 31.9 Å². The summed E-state index contributed by atoms with van der Waals surface area (Å²) in [7, 11) is 0. The number of hydrogen-bond acceptors (Lipinski definition) is 7. The number of thioether (sulfide) groups is 1. The molecule has 2 saturated heterocycles. The first-order valence-electron chi connectivity index (χ1n) is 10.6. The average molecular weight is 475 g/mol. The maximum Gasteiger partial charge on any atom is 0.323 e. The van der Waals surface area contributed by atoms with Gasteiger partial charge in [-0.25, -0.2) is 0 Å². The van der Waals surface area contributed by atoms with E-state index in [1.165, 1.54) is 0 Å². The van der Waals surface area contributed by atoms with Crippen LogP contribution < -0.4 is 10.5 Å². The number of piperidine rings is 1. The third-order valence-electron chi connectivity index (χ3n) is 5.69. The molecular weight excluding hydrogens is 448 g/mol. The maximum absolute atomic E-state index is 13.2. The van der Waals surface area contributed by atoms with E-state index in [4.69, 9.17) is 17.3 Å². The minimum absolute atomic E-state index is 0.0551. The summed E-state index contributed by atoms with van der Waals surface area (Å²) in [6, 6.07) is 2.03. The highest BCUT2D eigenvalue weighted by atomic mass is 32.2. The summed E-state index contributed by atoms with van der Waals surface area (Å²) in [4.78, 5) is 40.7. The monoisotopic (exact) mass is 474 g/mol. The lowest BCUT2D eigenvalue weighted by atomic mass is 9.98. The first-order chi connectivity index (χ1) is 15.2. The number of nitriles is 1. The second kappa shape index (κ2) is 9.88. The fraction of sp³-hybridized carbons (Fsp3) is 0.500. The van der Waals surface area contributed by atoms with Crippen LogP contribution in [0.25, 0.3) is 6.08 Å². The highest BCUT2D eigenvalue weighted by Gasteiger charge is 2.34. The van der Waals surface area contributed by atoms with Crippen LogP contribution in [0.3, 0.4) is 0 Å². The minimum atomic E-state index is -1.15. The third-order valence-corrected chi connectivity index (χ3v) is 7.07. The second-order valence-electron chi connectivity index (χ2n) is 8.16. The van der Waals surface area contributed by atoms with E-state index in [-0.39, 0.29) is 20.3 Å². The van der Waals surface area contributed by atoms with Gasteiger partial charge in [-0.2, -0.15) is 5.26 Å². The quantitative estimate of drug-likeness (QED) is 0.495. The summed E-state index contributed by atoms with van der Waals surface area (Å²) in [5, 5.41) is 18.8. The van der Waals surface area contributed by atoms with Crippen LogP contribution in [0.4, 0.5) is 5.82 Å². The van der Waals surface area contributed by atoms with E-state index in [0.29, 0.717) is 35.8 Å². The molecule has 1 atom stereocenters. The molecule has 0 radical (unpaired) electrons. The van der Waals surface area contributed by atoms with Gasteiger partial charge in [0.15, 0.2) is 0 Å². The number of anilines is 1. The molecule has 0 bridgehead atoms.